The summed E-state index contributed by atoms with van der Waals surface area (Å²) in [5.74, 6) is 1.23. The van der Waals surface area contributed by atoms with Gasteiger partial charge in [0.15, 0.2) is 6.61 Å². The second-order valence-corrected chi connectivity index (χ2v) is 6.60. The smallest absolute Gasteiger partial charge is 0.262 e. The molecule has 0 saturated carbocycles. The maximum atomic E-state index is 12.2. The van der Waals surface area contributed by atoms with E-state index in [0.717, 1.165) is 15.6 Å². The summed E-state index contributed by atoms with van der Waals surface area (Å²) in [6, 6.07) is 6.93. The van der Waals surface area contributed by atoms with E-state index in [0.29, 0.717) is 28.0 Å². The SMILES string of the molecule is COc1cc(OC)c(NC(=O)COc2cc(C)c(Br)c(C)c2)cc1Cl. The molecule has 0 aromatic heterocycles. The van der Waals surface area contributed by atoms with Gasteiger partial charge in [0.05, 0.1) is 24.9 Å². The number of carbonyl (C=O) groups excluding carboxylic acids is 1. The van der Waals surface area contributed by atoms with Gasteiger partial charge in [0.1, 0.15) is 17.2 Å². The predicted octanol–water partition coefficient (Wildman–Crippen LogP) is 4.75. The van der Waals surface area contributed by atoms with Gasteiger partial charge in [-0.1, -0.05) is 27.5 Å². The lowest BCUT2D eigenvalue weighted by Crippen LogP contribution is -2.20. The van der Waals surface area contributed by atoms with Crippen molar-refractivity contribution < 1.29 is 19.0 Å². The zero-order chi connectivity index (χ0) is 18.6. The molecule has 0 heterocycles. The zero-order valence-electron chi connectivity index (χ0n) is 14.4. The molecule has 0 aliphatic carbocycles. The van der Waals surface area contributed by atoms with Gasteiger partial charge in [0, 0.05) is 10.5 Å². The van der Waals surface area contributed by atoms with E-state index in [4.69, 9.17) is 25.8 Å². The average molecular weight is 429 g/mol. The first kappa shape index (κ1) is 19.4. The maximum absolute atomic E-state index is 12.2. The molecule has 25 heavy (non-hydrogen) atoms. The van der Waals surface area contributed by atoms with Crippen molar-refractivity contribution in [1.29, 1.82) is 0 Å². The van der Waals surface area contributed by atoms with Crippen LogP contribution in [0.5, 0.6) is 17.2 Å². The van der Waals surface area contributed by atoms with Crippen molar-refractivity contribution in [3.63, 3.8) is 0 Å². The molecule has 0 spiro atoms. The molecule has 1 N–H and O–H groups in total. The molecule has 0 unspecified atom stereocenters. The highest BCUT2D eigenvalue weighted by molar-refractivity contribution is 9.10. The Bertz CT molecular complexity index is 772. The molecule has 5 nitrogen and oxygen atoms in total. The lowest BCUT2D eigenvalue weighted by atomic mass is 10.1. The Morgan fingerprint density at radius 1 is 1.08 bits per heavy atom. The number of hydrogen-bond acceptors (Lipinski definition) is 4. The van der Waals surface area contributed by atoms with Crippen LogP contribution in [0.3, 0.4) is 0 Å². The fourth-order valence-electron chi connectivity index (χ4n) is 2.28. The number of amides is 1. The molecule has 0 aliphatic heterocycles. The van der Waals surface area contributed by atoms with Crippen LogP contribution in [0.2, 0.25) is 5.02 Å². The van der Waals surface area contributed by atoms with Crippen molar-refractivity contribution in [2.24, 2.45) is 0 Å². The first-order valence-corrected chi connectivity index (χ1v) is 8.63. The van der Waals surface area contributed by atoms with E-state index in [9.17, 15) is 4.79 Å². The van der Waals surface area contributed by atoms with Crippen LogP contribution in [0.4, 0.5) is 5.69 Å². The first-order chi connectivity index (χ1) is 11.8. The minimum Gasteiger partial charge on any atom is -0.495 e. The number of rotatable bonds is 6. The summed E-state index contributed by atoms with van der Waals surface area (Å²) in [7, 11) is 3.01. The third kappa shape index (κ3) is 4.80. The summed E-state index contributed by atoms with van der Waals surface area (Å²) >= 11 is 9.60. The zero-order valence-corrected chi connectivity index (χ0v) is 16.7. The fourth-order valence-corrected chi connectivity index (χ4v) is 2.75. The Hall–Kier alpha value is -1.92. The van der Waals surface area contributed by atoms with E-state index in [2.05, 4.69) is 21.2 Å². The molecule has 0 aliphatic rings. The van der Waals surface area contributed by atoms with Crippen LogP contribution in [-0.2, 0) is 4.79 Å². The Labute approximate surface area is 160 Å². The van der Waals surface area contributed by atoms with Gasteiger partial charge >= 0.3 is 0 Å². The third-order valence-electron chi connectivity index (χ3n) is 3.53. The molecule has 7 heteroatoms. The fraction of sp³-hybridized carbons (Fsp3) is 0.278. The van der Waals surface area contributed by atoms with Crippen LogP contribution in [0.15, 0.2) is 28.7 Å². The van der Waals surface area contributed by atoms with Crippen LogP contribution in [0, 0.1) is 13.8 Å². The van der Waals surface area contributed by atoms with E-state index >= 15 is 0 Å². The van der Waals surface area contributed by atoms with Crippen LogP contribution < -0.4 is 19.5 Å². The molecule has 0 radical (unpaired) electrons. The van der Waals surface area contributed by atoms with Gasteiger partial charge < -0.3 is 19.5 Å². The van der Waals surface area contributed by atoms with E-state index in [-0.39, 0.29) is 12.5 Å². The highest BCUT2D eigenvalue weighted by atomic mass is 79.9. The Kier molecular flexibility index (Phi) is 6.56. The van der Waals surface area contributed by atoms with Crippen molar-refractivity contribution in [2.45, 2.75) is 13.8 Å². The molecule has 2 aromatic rings. The third-order valence-corrected chi connectivity index (χ3v) is 5.07. The maximum Gasteiger partial charge on any atom is 0.262 e. The molecular formula is C18H19BrClNO4. The van der Waals surface area contributed by atoms with Crippen molar-refractivity contribution in [3.05, 3.63) is 44.9 Å². The van der Waals surface area contributed by atoms with Gasteiger partial charge in [-0.15, -0.1) is 0 Å². The lowest BCUT2D eigenvalue weighted by Gasteiger charge is -2.14. The summed E-state index contributed by atoms with van der Waals surface area (Å²) < 4.78 is 17.0. The Morgan fingerprint density at radius 2 is 1.68 bits per heavy atom. The largest absolute Gasteiger partial charge is 0.495 e. The number of anilines is 1. The number of halogens is 2. The Morgan fingerprint density at radius 3 is 2.24 bits per heavy atom. The number of benzene rings is 2. The monoisotopic (exact) mass is 427 g/mol. The van der Waals surface area contributed by atoms with E-state index in [1.165, 1.54) is 14.2 Å². The number of ether oxygens (including phenoxy) is 3. The summed E-state index contributed by atoms with van der Waals surface area (Å²) in [4.78, 5) is 12.2. The second-order valence-electron chi connectivity index (χ2n) is 5.39. The average Bonchev–Trinajstić information content (AvgIpc) is 2.58. The van der Waals surface area contributed by atoms with Gasteiger partial charge in [-0.05, 0) is 43.2 Å². The summed E-state index contributed by atoms with van der Waals surface area (Å²) in [6.07, 6.45) is 0. The van der Waals surface area contributed by atoms with Crippen molar-refractivity contribution in [2.75, 3.05) is 26.1 Å². The number of carbonyl (C=O) groups is 1. The minimum atomic E-state index is -0.322. The normalized spacial score (nSPS) is 10.3. The highest BCUT2D eigenvalue weighted by Gasteiger charge is 2.13. The van der Waals surface area contributed by atoms with Crippen LogP contribution in [0.25, 0.3) is 0 Å². The van der Waals surface area contributed by atoms with E-state index in [1.807, 2.05) is 26.0 Å². The Balaban J connectivity index is 2.07. The number of methoxy groups -OCH3 is 2. The molecule has 0 bridgehead atoms. The second kappa shape index (κ2) is 8.45. The quantitative estimate of drug-likeness (QED) is 0.721. The molecule has 1 amide bonds. The topological polar surface area (TPSA) is 56.8 Å². The lowest BCUT2D eigenvalue weighted by molar-refractivity contribution is -0.118. The molecule has 134 valence electrons. The van der Waals surface area contributed by atoms with Gasteiger partial charge in [0.25, 0.3) is 5.91 Å². The molecule has 2 rings (SSSR count). The van der Waals surface area contributed by atoms with Crippen molar-refractivity contribution >= 4 is 39.1 Å². The minimum absolute atomic E-state index is 0.132. The molecular weight excluding hydrogens is 410 g/mol. The molecule has 0 fully saturated rings. The van der Waals surface area contributed by atoms with Crippen molar-refractivity contribution in [3.8, 4) is 17.2 Å². The van der Waals surface area contributed by atoms with Gasteiger partial charge in [-0.3, -0.25) is 4.79 Å². The molecule has 2 aromatic carbocycles. The highest BCUT2D eigenvalue weighted by Crippen LogP contribution is 2.35. The van der Waals surface area contributed by atoms with Crippen LogP contribution >= 0.6 is 27.5 Å². The summed E-state index contributed by atoms with van der Waals surface area (Å²) in [6.45, 7) is 3.80. The standard InChI is InChI=1S/C18H19BrClNO4/c1-10-5-12(6-11(2)18(10)19)25-9-17(22)21-14-7-13(20)15(23-3)8-16(14)24-4/h5-8H,9H2,1-4H3,(H,21,22). The number of hydrogen-bond donors (Lipinski definition) is 1. The predicted molar refractivity (Wildman–Crippen MR) is 102 cm³/mol. The van der Waals surface area contributed by atoms with Gasteiger partial charge in [-0.2, -0.15) is 0 Å². The van der Waals surface area contributed by atoms with Gasteiger partial charge in [0.2, 0.25) is 0 Å². The summed E-state index contributed by atoms with van der Waals surface area (Å²) in [5, 5.41) is 3.10. The van der Waals surface area contributed by atoms with Gasteiger partial charge in [-0.25, -0.2) is 0 Å². The van der Waals surface area contributed by atoms with E-state index < -0.39 is 0 Å². The van der Waals surface area contributed by atoms with Crippen LogP contribution in [-0.4, -0.2) is 26.7 Å². The molecule has 0 atom stereocenters. The number of nitrogens with one attached hydrogen (secondary N) is 1. The first-order valence-electron chi connectivity index (χ1n) is 7.46. The summed E-state index contributed by atoms with van der Waals surface area (Å²) in [5.41, 5.74) is 2.53. The van der Waals surface area contributed by atoms with E-state index in [1.54, 1.807) is 12.1 Å². The van der Waals surface area contributed by atoms with Crippen LogP contribution in [0.1, 0.15) is 11.1 Å². The molecule has 0 saturated heterocycles. The van der Waals surface area contributed by atoms with Crippen molar-refractivity contribution in [1.82, 2.24) is 0 Å². The number of aryl methyl sites for hydroxylation is 2.